The van der Waals surface area contributed by atoms with Gasteiger partial charge in [0.25, 0.3) is 0 Å². The fourth-order valence-corrected chi connectivity index (χ4v) is 8.48. The second-order valence-corrected chi connectivity index (χ2v) is 14.7. The summed E-state index contributed by atoms with van der Waals surface area (Å²) in [6.07, 6.45) is 7.74. The molecule has 2 aromatic carbocycles. The maximum Gasteiger partial charge on any atom is 0.249 e. The second kappa shape index (κ2) is 14.5. The van der Waals surface area contributed by atoms with Crippen molar-refractivity contribution < 1.29 is 14.7 Å². The van der Waals surface area contributed by atoms with Crippen LogP contribution in [0, 0.1) is 0 Å². The van der Waals surface area contributed by atoms with Crippen LogP contribution in [0.15, 0.2) is 60.8 Å². The van der Waals surface area contributed by atoms with Crippen molar-refractivity contribution in [2.75, 3.05) is 53.6 Å². The molecular weight excluding hydrogens is 680 g/mol. The minimum absolute atomic E-state index is 0.162. The minimum Gasteiger partial charge on any atom is -0.507 e. The van der Waals surface area contributed by atoms with Crippen LogP contribution in [0.25, 0.3) is 11.3 Å². The van der Waals surface area contributed by atoms with Gasteiger partial charge >= 0.3 is 0 Å². The first-order valence-corrected chi connectivity index (χ1v) is 18.6. The summed E-state index contributed by atoms with van der Waals surface area (Å²) in [5, 5.41) is 25.2. The number of hydrogen-bond acceptors (Lipinski definition) is 12. The number of aromatic nitrogens is 4. The Morgan fingerprint density at radius 1 is 0.962 bits per heavy atom. The van der Waals surface area contributed by atoms with Gasteiger partial charge in [0.05, 0.1) is 11.4 Å². The number of phenols is 1. The molecule has 13 nitrogen and oxygen atoms in total. The third-order valence-corrected chi connectivity index (χ3v) is 11.4. The van der Waals surface area contributed by atoms with Crippen molar-refractivity contribution >= 4 is 46.6 Å². The number of amides is 2. The third kappa shape index (κ3) is 7.07. The highest BCUT2D eigenvalue weighted by Gasteiger charge is 2.42. The van der Waals surface area contributed by atoms with Crippen LogP contribution >= 0.6 is 11.6 Å². The normalized spacial score (nSPS) is 22.4. The zero-order valence-corrected chi connectivity index (χ0v) is 29.7. The number of piperidine rings is 2. The molecule has 52 heavy (non-hydrogen) atoms. The van der Waals surface area contributed by atoms with Crippen LogP contribution < -0.4 is 26.2 Å². The summed E-state index contributed by atoms with van der Waals surface area (Å²) < 4.78 is 0. The number of nitrogens with zero attached hydrogens (tertiary/aromatic N) is 7. The largest absolute Gasteiger partial charge is 0.507 e. The summed E-state index contributed by atoms with van der Waals surface area (Å²) in [7, 11) is 0. The Labute approximate surface area is 307 Å². The van der Waals surface area contributed by atoms with Gasteiger partial charge in [-0.15, -0.1) is 10.2 Å². The third-order valence-electron chi connectivity index (χ3n) is 11.0. The number of nitrogens with two attached hydrogens (primary N) is 1. The summed E-state index contributed by atoms with van der Waals surface area (Å²) in [6.45, 7) is 4.46. The molecule has 8 rings (SSSR count). The van der Waals surface area contributed by atoms with Gasteiger partial charge in [0.15, 0.2) is 5.82 Å². The molecular formula is C38H43ClN10O3. The van der Waals surface area contributed by atoms with Crippen LogP contribution in [0.4, 0.5) is 23.1 Å². The van der Waals surface area contributed by atoms with E-state index in [1.54, 1.807) is 12.1 Å². The number of likely N-dealkylation sites (tertiary alicyclic amines) is 1. The van der Waals surface area contributed by atoms with Crippen molar-refractivity contribution in [3.8, 4) is 17.0 Å². The van der Waals surface area contributed by atoms with Gasteiger partial charge in [0, 0.05) is 72.2 Å². The molecule has 2 bridgehead atoms. The highest BCUT2D eigenvalue weighted by Crippen LogP contribution is 2.39. The number of phenolic OH excluding ortho intramolecular Hbond substituents is 1. The highest BCUT2D eigenvalue weighted by molar-refractivity contribution is 6.31. The molecule has 6 heterocycles. The molecule has 0 radical (unpaired) electrons. The fraction of sp³-hybridized carbons (Fsp3) is 0.421. The zero-order chi connectivity index (χ0) is 35.8. The number of piperazine rings is 1. The number of carbonyl (C=O) groups is 2. The van der Waals surface area contributed by atoms with Gasteiger partial charge < -0.3 is 30.9 Å². The van der Waals surface area contributed by atoms with E-state index in [1.165, 1.54) is 0 Å². The van der Waals surface area contributed by atoms with Crippen molar-refractivity contribution in [3.63, 3.8) is 0 Å². The molecule has 0 saturated carbocycles. The SMILES string of the molecule is Nc1nnc(-c2ccccc2O)cc1N1C[C@H]2CC[C@@H](C1)N2c1nccc(C2CCN(CCc3ccc(N[C@H]4CCC(=O)NC4=O)cc3Cl)CC2)n1. The average molecular weight is 723 g/mol. The van der Waals surface area contributed by atoms with Crippen molar-refractivity contribution in [3.05, 3.63) is 77.1 Å². The van der Waals surface area contributed by atoms with E-state index in [1.807, 2.05) is 42.6 Å². The molecule has 4 fully saturated rings. The Hall–Kier alpha value is -5.01. The lowest BCUT2D eigenvalue weighted by Crippen LogP contribution is -2.54. The molecule has 5 N–H and O–H groups in total. The van der Waals surface area contributed by atoms with Crippen molar-refractivity contribution in [2.24, 2.45) is 0 Å². The number of para-hydroxylation sites is 1. The number of anilines is 4. The standard InChI is InChI=1S/C38H43ClN10O3/c39-29-19-25(42-31-9-10-35(51)44-37(31)52)6-5-23(29)12-16-47-17-13-24(14-18-47)30-11-15-41-38(43-30)49-26-7-8-27(49)22-48(21-26)33-20-32(45-46-36(33)40)28-3-1-2-4-34(28)50/h1-6,11,15,19-20,24,26-27,31,42,50H,7-10,12-14,16-18,21-22H2,(H2,40,46)(H,44,51,52)/t26-,27+,31-/m0/s1. The van der Waals surface area contributed by atoms with Gasteiger partial charge in [0.2, 0.25) is 17.8 Å². The molecule has 4 saturated heterocycles. The summed E-state index contributed by atoms with van der Waals surface area (Å²) in [5.41, 5.74) is 11.4. The molecule has 4 aromatic rings. The monoisotopic (exact) mass is 722 g/mol. The Bertz CT molecular complexity index is 1960. The Morgan fingerprint density at radius 2 is 1.75 bits per heavy atom. The van der Waals surface area contributed by atoms with E-state index in [9.17, 15) is 14.7 Å². The molecule has 0 spiro atoms. The number of carbonyl (C=O) groups excluding carboxylic acids is 2. The molecule has 3 atom stereocenters. The number of hydrogen-bond donors (Lipinski definition) is 4. The Kier molecular flexibility index (Phi) is 9.54. The Morgan fingerprint density at radius 3 is 2.50 bits per heavy atom. The lowest BCUT2D eigenvalue weighted by atomic mass is 9.93. The predicted octanol–water partition coefficient (Wildman–Crippen LogP) is 4.37. The first kappa shape index (κ1) is 34.1. The number of nitrogen functional groups attached to an aromatic ring is 1. The van der Waals surface area contributed by atoms with Crippen molar-refractivity contribution in [1.82, 2.24) is 30.4 Å². The number of imide groups is 1. The van der Waals surface area contributed by atoms with E-state index >= 15 is 0 Å². The van der Waals surface area contributed by atoms with Gasteiger partial charge in [-0.1, -0.05) is 29.8 Å². The molecule has 270 valence electrons. The number of nitrogens with one attached hydrogen (secondary N) is 2. The second-order valence-electron chi connectivity index (χ2n) is 14.3. The van der Waals surface area contributed by atoms with E-state index in [4.69, 9.17) is 27.3 Å². The van der Waals surface area contributed by atoms with Crippen molar-refractivity contribution in [1.29, 1.82) is 0 Å². The van der Waals surface area contributed by atoms with Crippen LogP contribution in [0.1, 0.15) is 55.7 Å². The topological polar surface area (TPSA) is 166 Å². The number of benzene rings is 2. The van der Waals surface area contributed by atoms with Crippen LogP contribution in [-0.4, -0.2) is 92.8 Å². The van der Waals surface area contributed by atoms with Crippen LogP contribution in [-0.2, 0) is 16.0 Å². The van der Waals surface area contributed by atoms with Gasteiger partial charge in [-0.3, -0.25) is 14.9 Å². The lowest BCUT2D eigenvalue weighted by molar-refractivity contribution is -0.133. The summed E-state index contributed by atoms with van der Waals surface area (Å²) in [5.74, 6) is 1.22. The van der Waals surface area contributed by atoms with Crippen LogP contribution in [0.3, 0.4) is 0 Å². The minimum atomic E-state index is -0.436. The molecule has 0 unspecified atom stereocenters. The smallest absolute Gasteiger partial charge is 0.249 e. The van der Waals surface area contributed by atoms with E-state index in [-0.39, 0.29) is 29.6 Å². The van der Waals surface area contributed by atoms with Crippen LogP contribution in [0.5, 0.6) is 5.75 Å². The van der Waals surface area contributed by atoms with E-state index in [0.717, 1.165) is 93.4 Å². The number of fused-ring (bicyclic) bond motifs is 2. The number of halogens is 1. The van der Waals surface area contributed by atoms with Gasteiger partial charge in [-0.2, -0.15) is 0 Å². The molecule has 4 aliphatic rings. The number of aromatic hydroxyl groups is 1. The zero-order valence-electron chi connectivity index (χ0n) is 28.9. The van der Waals surface area contributed by atoms with E-state index in [0.29, 0.717) is 40.9 Å². The summed E-state index contributed by atoms with van der Waals surface area (Å²) in [4.78, 5) is 40.7. The first-order chi connectivity index (χ1) is 25.3. The number of rotatable bonds is 9. The maximum absolute atomic E-state index is 12.1. The molecule has 0 aliphatic carbocycles. The Balaban J connectivity index is 0.858. The van der Waals surface area contributed by atoms with Gasteiger partial charge in [0.1, 0.15) is 11.8 Å². The summed E-state index contributed by atoms with van der Waals surface area (Å²) >= 11 is 6.66. The predicted molar refractivity (Wildman–Crippen MR) is 200 cm³/mol. The maximum atomic E-state index is 12.1. The first-order valence-electron chi connectivity index (χ1n) is 18.2. The van der Waals surface area contributed by atoms with Gasteiger partial charge in [-0.25, -0.2) is 9.97 Å². The van der Waals surface area contributed by atoms with Gasteiger partial charge in [-0.05, 0) is 93.6 Å². The van der Waals surface area contributed by atoms with Crippen molar-refractivity contribution in [2.45, 2.75) is 69.0 Å². The van der Waals surface area contributed by atoms with E-state index in [2.05, 4.69) is 41.6 Å². The highest BCUT2D eigenvalue weighted by atomic mass is 35.5. The molecule has 2 amide bonds. The van der Waals surface area contributed by atoms with E-state index < -0.39 is 6.04 Å². The van der Waals surface area contributed by atoms with Crippen LogP contribution in [0.2, 0.25) is 5.02 Å². The summed E-state index contributed by atoms with van der Waals surface area (Å²) in [6, 6.07) is 17.1. The lowest BCUT2D eigenvalue weighted by Gasteiger charge is -2.42. The average Bonchev–Trinajstić information content (AvgIpc) is 3.42. The quantitative estimate of drug-likeness (QED) is 0.181. The fourth-order valence-electron chi connectivity index (χ4n) is 8.21. The molecule has 2 aromatic heterocycles. The molecule has 4 aliphatic heterocycles. The molecule has 14 heteroatoms.